The van der Waals surface area contributed by atoms with Crippen LogP contribution in [-0.4, -0.2) is 118 Å². The summed E-state index contributed by atoms with van der Waals surface area (Å²) >= 11 is 7.38. The number of aromatic nitrogens is 8. The van der Waals surface area contributed by atoms with Crippen LogP contribution in [0, 0.1) is 24.7 Å². The second kappa shape index (κ2) is 28.6. The van der Waals surface area contributed by atoms with Gasteiger partial charge in [0, 0.05) is 76.5 Å². The fraction of sp³-hybridized carbons (Fsp3) is 0.333. The fourth-order valence-corrected chi connectivity index (χ4v) is 16.7. The number of aryl methyl sites for hydroxylation is 1. The van der Waals surface area contributed by atoms with Crippen LogP contribution in [0.25, 0.3) is 43.4 Å². The molecule has 1 aliphatic carbocycles. The molecular weight excluding hydrogens is 1310 g/mol. The lowest BCUT2D eigenvalue weighted by Gasteiger charge is -2.30. The second-order valence-electron chi connectivity index (χ2n) is 22.5. The van der Waals surface area contributed by atoms with E-state index < -0.39 is 71.9 Å². The number of thiazole rings is 6. The van der Waals surface area contributed by atoms with Crippen LogP contribution in [0.5, 0.6) is 0 Å². The van der Waals surface area contributed by atoms with E-state index in [1.807, 2.05) is 56.5 Å². The Morgan fingerprint density at radius 2 is 1.41 bits per heavy atom. The summed E-state index contributed by atoms with van der Waals surface area (Å²) in [7, 11) is 2.97. The summed E-state index contributed by atoms with van der Waals surface area (Å²) < 4.78 is 5.51. The first-order chi connectivity index (χ1) is 44.7. The van der Waals surface area contributed by atoms with Crippen LogP contribution in [0.2, 0.25) is 0 Å². The SMILES string of the molecule is CNC(=O)C[C@@H]1NC(=O)c2csc(n2)-c2ccc(-c3nc(N(C(=O)C4CCC(C(=O)O)CC4)c4ccnc(C(=O)O)c4)cs3)nc2-c2csc(n2)-c2csc(n2)[C@H]([C@@H](C)c2ccccc2)NC(=O)CNC(=O)c2nc(sc2COC)C(C(C)C)CC(=O)c2nc1sc2C. The molecule has 8 aromatic heterocycles. The van der Waals surface area contributed by atoms with Crippen molar-refractivity contribution >= 4 is 127 Å². The maximum Gasteiger partial charge on any atom is 0.354 e. The third-order valence-corrected chi connectivity index (χ3v) is 21.8. The lowest BCUT2D eigenvalue weighted by Crippen LogP contribution is -2.40. The molecule has 1 saturated carbocycles. The van der Waals surface area contributed by atoms with Gasteiger partial charge in [-0.25, -0.2) is 44.7 Å². The molecule has 11 rings (SSSR count). The Balaban J connectivity index is 0.998. The van der Waals surface area contributed by atoms with Crippen molar-refractivity contribution in [3.8, 4) is 43.4 Å². The Morgan fingerprint density at radius 1 is 0.710 bits per heavy atom. The minimum Gasteiger partial charge on any atom is -0.481 e. The number of aromatic carboxylic acids is 1. The number of benzene rings is 1. The van der Waals surface area contributed by atoms with E-state index in [1.165, 1.54) is 94.1 Å². The number of anilines is 2. The minimum atomic E-state index is -1.30. The number of amides is 5. The first-order valence-corrected chi connectivity index (χ1v) is 34.6. The average molecular weight is 1370 g/mol. The van der Waals surface area contributed by atoms with Crippen molar-refractivity contribution in [3.05, 3.63) is 135 Å². The third-order valence-electron chi connectivity index (χ3n) is 16.1. The predicted molar refractivity (Wildman–Crippen MR) is 353 cm³/mol. The zero-order valence-electron chi connectivity index (χ0n) is 50.8. The number of ether oxygens (including phenoxy) is 1. The summed E-state index contributed by atoms with van der Waals surface area (Å²) in [5.74, 6) is -6.96. The molecule has 9 aromatic rings. The molecule has 1 unspecified atom stereocenters. The zero-order chi connectivity index (χ0) is 65.8. The van der Waals surface area contributed by atoms with E-state index >= 15 is 0 Å². The second-order valence-corrected chi connectivity index (χ2v) is 28.4. The van der Waals surface area contributed by atoms with Gasteiger partial charge in [0.05, 0.1) is 58.8 Å². The number of methoxy groups -OCH3 is 1. The zero-order valence-corrected chi connectivity index (χ0v) is 55.7. The standard InChI is InChI=1S/C63H61N13O11S6/c1-29(2)37-21-44(77)50-31(4)92-59(74-50)39(22-47(78)64-5)68-53(80)42-26-88-55(70-42)36-16-17-38(57-72-46(28-91-57)76(35-18-19-65-40(20-35)63(85)86)61(82)33-12-14-34(15-13-33)62(83)84)67-51(36)41-25-89-58(69-41)43-27-90-60(71-43)49(30(3)32-10-8-7-9-11-32)73-48(79)23-66-54(81)52-45(24-87-6)93-56(37)75-52/h7-11,16-20,25-30,33-34,37,39,49H,12-15,21-24H2,1-6H3,(H,64,78)(H,66,81)(H,68,80)(H,73,79)(H,83,84)(H,85,86)/t30-,33?,34?,37?,39-,49-/m0/s1. The van der Waals surface area contributed by atoms with E-state index in [0.717, 1.165) is 16.9 Å². The van der Waals surface area contributed by atoms with Crippen molar-refractivity contribution in [2.75, 3.05) is 25.6 Å². The number of carbonyl (C=O) groups is 8. The van der Waals surface area contributed by atoms with Gasteiger partial charge in [0.1, 0.15) is 64.9 Å². The third kappa shape index (κ3) is 14.6. The average Bonchev–Trinajstić information content (AvgIpc) is 1.72. The van der Waals surface area contributed by atoms with Gasteiger partial charge in [-0.05, 0) is 68.4 Å². The van der Waals surface area contributed by atoms with Crippen LogP contribution in [-0.2, 0) is 30.5 Å². The summed E-state index contributed by atoms with van der Waals surface area (Å²) in [6.45, 7) is 7.26. The van der Waals surface area contributed by atoms with Gasteiger partial charge >= 0.3 is 11.9 Å². The number of hydrogen-bond acceptors (Lipinski definition) is 23. The summed E-state index contributed by atoms with van der Waals surface area (Å²) in [5.41, 5.74) is 3.12. The maximum absolute atomic E-state index is 14.6. The first kappa shape index (κ1) is 65.7. The number of aliphatic carboxylic acids is 1. The quantitative estimate of drug-likeness (QED) is 0.0624. The van der Waals surface area contributed by atoms with Crippen molar-refractivity contribution in [2.24, 2.45) is 17.8 Å². The number of rotatable bonds is 13. The van der Waals surface area contributed by atoms with Crippen LogP contribution in [0.3, 0.4) is 0 Å². The van der Waals surface area contributed by atoms with Crippen LogP contribution < -0.4 is 26.2 Å². The van der Waals surface area contributed by atoms with Gasteiger partial charge in [0.15, 0.2) is 11.6 Å². The molecule has 6 N–H and O–H groups in total. The minimum absolute atomic E-state index is 0.0119. The number of ketones is 1. The number of carboxylic acid groups (broad SMARTS) is 2. The van der Waals surface area contributed by atoms with Crippen molar-refractivity contribution in [3.63, 3.8) is 0 Å². The van der Waals surface area contributed by atoms with E-state index in [0.29, 0.717) is 93.8 Å². The van der Waals surface area contributed by atoms with Gasteiger partial charge in [-0.1, -0.05) is 51.1 Å². The van der Waals surface area contributed by atoms with Crippen LogP contribution in [0.4, 0.5) is 11.5 Å². The molecule has 0 saturated heterocycles. The van der Waals surface area contributed by atoms with E-state index in [4.69, 9.17) is 39.6 Å². The Kier molecular flexibility index (Phi) is 20.2. The summed E-state index contributed by atoms with van der Waals surface area (Å²) in [5, 5.41) is 40.6. The van der Waals surface area contributed by atoms with Crippen molar-refractivity contribution in [1.82, 2.24) is 61.1 Å². The highest BCUT2D eigenvalue weighted by Gasteiger charge is 2.37. The molecule has 9 heterocycles. The molecule has 10 bridgehead atoms. The number of hydrogen-bond donors (Lipinski definition) is 6. The Labute approximate surface area is 556 Å². The lowest BCUT2D eigenvalue weighted by molar-refractivity contribution is -0.144. The first-order valence-electron chi connectivity index (χ1n) is 29.5. The molecule has 93 heavy (non-hydrogen) atoms. The largest absolute Gasteiger partial charge is 0.481 e. The van der Waals surface area contributed by atoms with Gasteiger partial charge in [-0.3, -0.25) is 38.5 Å². The summed E-state index contributed by atoms with van der Waals surface area (Å²) in [4.78, 5) is 150. The van der Waals surface area contributed by atoms with Crippen LogP contribution in [0.15, 0.2) is 82.3 Å². The molecule has 2 aliphatic rings. The maximum atomic E-state index is 14.6. The lowest BCUT2D eigenvalue weighted by atomic mass is 9.81. The summed E-state index contributed by atoms with van der Waals surface area (Å²) in [6, 6.07) is 14.3. The van der Waals surface area contributed by atoms with E-state index in [-0.39, 0.29) is 77.3 Å². The molecule has 5 amide bonds. The van der Waals surface area contributed by atoms with Crippen molar-refractivity contribution in [1.29, 1.82) is 0 Å². The Hall–Kier alpha value is -8.78. The van der Waals surface area contributed by atoms with Crippen LogP contribution >= 0.6 is 68.0 Å². The highest BCUT2D eigenvalue weighted by atomic mass is 32.1. The van der Waals surface area contributed by atoms with Crippen molar-refractivity contribution < 1.29 is 53.3 Å². The molecule has 0 radical (unpaired) electrons. The van der Waals surface area contributed by atoms with Gasteiger partial charge in [0.2, 0.25) is 17.7 Å². The highest BCUT2D eigenvalue weighted by molar-refractivity contribution is 7.15. The number of carboxylic acids is 2. The Morgan fingerprint density at radius 3 is 2.14 bits per heavy atom. The molecule has 0 spiro atoms. The predicted octanol–water partition coefficient (Wildman–Crippen LogP) is 10.9. The molecule has 30 heteroatoms. The van der Waals surface area contributed by atoms with E-state index in [2.05, 4.69) is 26.3 Å². The number of pyridine rings is 2. The highest BCUT2D eigenvalue weighted by Crippen LogP contribution is 2.43. The van der Waals surface area contributed by atoms with Gasteiger partial charge in [0.25, 0.3) is 11.8 Å². The Bertz CT molecular complexity index is 4320. The normalized spacial score (nSPS) is 18.4. The van der Waals surface area contributed by atoms with E-state index in [1.54, 1.807) is 35.2 Å². The van der Waals surface area contributed by atoms with Crippen LogP contribution in [0.1, 0.15) is 156 Å². The van der Waals surface area contributed by atoms with Crippen molar-refractivity contribution in [2.45, 2.75) is 96.7 Å². The molecule has 1 aromatic carbocycles. The van der Waals surface area contributed by atoms with E-state index in [9.17, 15) is 48.6 Å². The molecule has 24 nitrogen and oxygen atoms in total. The molecule has 480 valence electrons. The molecular formula is C63H61N13O11S6. The smallest absolute Gasteiger partial charge is 0.354 e. The number of Topliss-reactive ketones (excluding diaryl/α,β-unsaturated/α-hetero) is 1. The van der Waals surface area contributed by atoms with Gasteiger partial charge < -0.3 is 36.2 Å². The van der Waals surface area contributed by atoms with Gasteiger partial charge in [-0.2, -0.15) is 0 Å². The van der Waals surface area contributed by atoms with Gasteiger partial charge in [-0.15, -0.1) is 68.0 Å². The monoisotopic (exact) mass is 1370 g/mol. The molecule has 4 atom stereocenters. The number of nitrogens with zero attached hydrogens (tertiary/aromatic N) is 9. The number of carbonyl (C=O) groups excluding carboxylic acids is 6. The number of nitrogens with one attached hydrogen (secondary N) is 4. The topological polar surface area (TPSA) is 341 Å². The number of fused-ring (bicyclic) bond motifs is 14. The fourth-order valence-electron chi connectivity index (χ4n) is 11.0. The molecule has 1 fully saturated rings. The summed E-state index contributed by atoms with van der Waals surface area (Å²) in [6.07, 6.45) is 2.21. The molecule has 1 aliphatic heterocycles.